The van der Waals surface area contributed by atoms with Crippen LogP contribution >= 0.6 is 0 Å². The van der Waals surface area contributed by atoms with Crippen LogP contribution in [-0.4, -0.2) is 84.1 Å². The smallest absolute Gasteiger partial charge is 0.257 e. The molecule has 7 heteroatoms. The SMILES string of the molecule is Cc1ccc(-n2cc(C(=O)N3CCN(C[C@@H]4COCCO4)CC3)c(C(C)(C)C)n2)cc1. The highest BCUT2D eigenvalue weighted by atomic mass is 16.6. The molecule has 4 rings (SSSR count). The van der Waals surface area contributed by atoms with E-state index in [9.17, 15) is 4.79 Å². The second-order valence-electron chi connectivity index (χ2n) is 9.58. The van der Waals surface area contributed by atoms with E-state index < -0.39 is 0 Å². The molecule has 168 valence electrons. The van der Waals surface area contributed by atoms with Gasteiger partial charge in [-0.2, -0.15) is 5.10 Å². The maximum Gasteiger partial charge on any atom is 0.257 e. The molecule has 3 heterocycles. The molecule has 0 bridgehead atoms. The number of amides is 1. The van der Waals surface area contributed by atoms with Crippen LogP contribution in [-0.2, 0) is 14.9 Å². The van der Waals surface area contributed by atoms with Crippen LogP contribution in [0.15, 0.2) is 30.5 Å². The average molecular weight is 427 g/mol. The Morgan fingerprint density at radius 3 is 2.42 bits per heavy atom. The van der Waals surface area contributed by atoms with E-state index in [4.69, 9.17) is 14.6 Å². The minimum atomic E-state index is -0.221. The minimum Gasteiger partial charge on any atom is -0.376 e. The summed E-state index contributed by atoms with van der Waals surface area (Å²) in [6.07, 6.45) is 2.03. The van der Waals surface area contributed by atoms with Crippen molar-refractivity contribution in [3.05, 3.63) is 47.3 Å². The molecule has 31 heavy (non-hydrogen) atoms. The van der Waals surface area contributed by atoms with Crippen molar-refractivity contribution in [3.8, 4) is 5.69 Å². The van der Waals surface area contributed by atoms with Crippen molar-refractivity contribution in [2.24, 2.45) is 0 Å². The second-order valence-corrected chi connectivity index (χ2v) is 9.58. The van der Waals surface area contributed by atoms with Crippen LogP contribution in [0.2, 0.25) is 0 Å². The number of aromatic nitrogens is 2. The molecule has 0 unspecified atom stereocenters. The van der Waals surface area contributed by atoms with Gasteiger partial charge in [-0.25, -0.2) is 4.68 Å². The first-order valence-electron chi connectivity index (χ1n) is 11.2. The Bertz CT molecular complexity index is 887. The number of benzene rings is 1. The van der Waals surface area contributed by atoms with E-state index in [0.717, 1.165) is 31.0 Å². The Labute approximate surface area is 184 Å². The molecule has 2 aliphatic rings. The van der Waals surface area contributed by atoms with E-state index in [1.165, 1.54) is 5.56 Å². The monoisotopic (exact) mass is 426 g/mol. The summed E-state index contributed by atoms with van der Waals surface area (Å²) in [5.74, 6) is 0.0696. The summed E-state index contributed by atoms with van der Waals surface area (Å²) in [6, 6.07) is 8.21. The number of aryl methyl sites for hydroxylation is 1. The molecule has 0 spiro atoms. The summed E-state index contributed by atoms with van der Waals surface area (Å²) in [4.78, 5) is 17.8. The van der Waals surface area contributed by atoms with Gasteiger partial charge in [0.1, 0.15) is 0 Å². The summed E-state index contributed by atoms with van der Waals surface area (Å²) in [5.41, 5.74) is 3.49. The lowest BCUT2D eigenvalue weighted by Gasteiger charge is -2.37. The highest BCUT2D eigenvalue weighted by Gasteiger charge is 2.31. The van der Waals surface area contributed by atoms with Gasteiger partial charge in [0.2, 0.25) is 0 Å². The lowest BCUT2D eigenvalue weighted by atomic mass is 9.89. The third-order valence-corrected chi connectivity index (χ3v) is 5.96. The zero-order chi connectivity index (χ0) is 22.0. The van der Waals surface area contributed by atoms with Crippen LogP contribution < -0.4 is 0 Å². The lowest BCUT2D eigenvalue weighted by molar-refractivity contribution is -0.0994. The quantitative estimate of drug-likeness (QED) is 0.752. The van der Waals surface area contributed by atoms with Gasteiger partial charge in [-0.1, -0.05) is 38.5 Å². The fourth-order valence-electron chi connectivity index (χ4n) is 4.15. The van der Waals surface area contributed by atoms with Gasteiger partial charge in [0.25, 0.3) is 5.91 Å². The van der Waals surface area contributed by atoms with Gasteiger partial charge in [-0.15, -0.1) is 0 Å². The third kappa shape index (κ3) is 5.17. The Morgan fingerprint density at radius 1 is 1.10 bits per heavy atom. The van der Waals surface area contributed by atoms with Crippen LogP contribution in [0.4, 0.5) is 0 Å². The molecular formula is C24H34N4O3. The van der Waals surface area contributed by atoms with E-state index in [0.29, 0.717) is 38.5 Å². The summed E-state index contributed by atoms with van der Waals surface area (Å²) in [5, 5.41) is 4.82. The van der Waals surface area contributed by atoms with E-state index in [1.807, 2.05) is 27.9 Å². The maximum atomic E-state index is 13.5. The minimum absolute atomic E-state index is 0.0696. The number of nitrogens with zero attached hydrogens (tertiary/aromatic N) is 4. The van der Waals surface area contributed by atoms with E-state index in [1.54, 1.807) is 0 Å². The van der Waals surface area contributed by atoms with Crippen molar-refractivity contribution in [1.29, 1.82) is 0 Å². The number of piperazine rings is 1. The molecule has 2 aliphatic heterocycles. The third-order valence-electron chi connectivity index (χ3n) is 5.96. The number of ether oxygens (including phenoxy) is 2. The molecule has 0 aliphatic carbocycles. The summed E-state index contributed by atoms with van der Waals surface area (Å²) in [7, 11) is 0. The lowest BCUT2D eigenvalue weighted by Crippen LogP contribution is -2.51. The molecule has 0 N–H and O–H groups in total. The summed E-state index contributed by atoms with van der Waals surface area (Å²) < 4.78 is 13.1. The molecule has 0 saturated carbocycles. The van der Waals surface area contributed by atoms with Gasteiger partial charge in [0, 0.05) is 44.3 Å². The normalized spacial score (nSPS) is 20.8. The molecule has 7 nitrogen and oxygen atoms in total. The Kier molecular flexibility index (Phi) is 6.46. The van der Waals surface area contributed by atoms with E-state index in [-0.39, 0.29) is 17.4 Å². The van der Waals surface area contributed by atoms with E-state index >= 15 is 0 Å². The Morgan fingerprint density at radius 2 is 1.81 bits per heavy atom. The van der Waals surface area contributed by atoms with Crippen LogP contribution in [0.25, 0.3) is 5.69 Å². The molecule has 2 aromatic rings. The van der Waals surface area contributed by atoms with Crippen LogP contribution in [0, 0.1) is 6.92 Å². The van der Waals surface area contributed by atoms with Crippen LogP contribution in [0.5, 0.6) is 0 Å². The largest absolute Gasteiger partial charge is 0.376 e. The summed E-state index contributed by atoms with van der Waals surface area (Å²) >= 11 is 0. The predicted octanol–water partition coefficient (Wildman–Crippen LogP) is 2.65. The topological polar surface area (TPSA) is 59.8 Å². The molecule has 1 aromatic heterocycles. The molecule has 1 amide bonds. The fourth-order valence-corrected chi connectivity index (χ4v) is 4.15. The van der Waals surface area contributed by atoms with Gasteiger partial charge >= 0.3 is 0 Å². The van der Waals surface area contributed by atoms with E-state index in [2.05, 4.69) is 44.7 Å². The number of hydrogen-bond acceptors (Lipinski definition) is 5. The van der Waals surface area contributed by atoms with Crippen molar-refractivity contribution in [3.63, 3.8) is 0 Å². The van der Waals surface area contributed by atoms with Crippen molar-refractivity contribution < 1.29 is 14.3 Å². The highest BCUT2D eigenvalue weighted by Crippen LogP contribution is 2.27. The maximum absolute atomic E-state index is 13.5. The Balaban J connectivity index is 1.47. The van der Waals surface area contributed by atoms with Gasteiger partial charge < -0.3 is 14.4 Å². The van der Waals surface area contributed by atoms with Gasteiger partial charge in [0.05, 0.1) is 42.9 Å². The first-order chi connectivity index (χ1) is 14.8. The first-order valence-corrected chi connectivity index (χ1v) is 11.2. The molecule has 2 fully saturated rings. The number of carbonyl (C=O) groups excluding carboxylic acids is 1. The standard InChI is InChI=1S/C24H34N4O3/c1-18-5-7-19(8-6-18)28-16-21(22(25-28)24(2,3)4)23(29)27-11-9-26(10-12-27)15-20-17-30-13-14-31-20/h5-8,16,20H,9-15,17H2,1-4H3/t20-/m1/s1. The molecule has 1 atom stereocenters. The van der Waals surface area contributed by atoms with Crippen LogP contribution in [0.3, 0.4) is 0 Å². The average Bonchev–Trinajstić information content (AvgIpc) is 3.21. The second kappa shape index (κ2) is 9.10. The first kappa shape index (κ1) is 22.0. The number of rotatable bonds is 4. The zero-order valence-corrected chi connectivity index (χ0v) is 19.1. The van der Waals surface area contributed by atoms with Gasteiger partial charge in [-0.3, -0.25) is 9.69 Å². The van der Waals surface area contributed by atoms with Crippen molar-refractivity contribution in [2.75, 3.05) is 52.5 Å². The Hall–Kier alpha value is -2.22. The molecule has 2 saturated heterocycles. The summed E-state index contributed by atoms with van der Waals surface area (Å²) in [6.45, 7) is 14.4. The number of hydrogen-bond donors (Lipinski definition) is 0. The predicted molar refractivity (Wildman–Crippen MR) is 120 cm³/mol. The number of carbonyl (C=O) groups is 1. The molecular weight excluding hydrogens is 392 g/mol. The highest BCUT2D eigenvalue weighted by molar-refractivity contribution is 5.95. The van der Waals surface area contributed by atoms with Crippen LogP contribution in [0.1, 0.15) is 42.4 Å². The molecule has 0 radical (unpaired) electrons. The fraction of sp³-hybridized carbons (Fsp3) is 0.583. The van der Waals surface area contributed by atoms with Crippen molar-refractivity contribution in [2.45, 2.75) is 39.2 Å². The van der Waals surface area contributed by atoms with Gasteiger partial charge in [-0.05, 0) is 19.1 Å². The van der Waals surface area contributed by atoms with Crippen molar-refractivity contribution >= 4 is 5.91 Å². The van der Waals surface area contributed by atoms with Gasteiger partial charge in [0.15, 0.2) is 0 Å². The van der Waals surface area contributed by atoms with Crippen molar-refractivity contribution in [1.82, 2.24) is 19.6 Å². The zero-order valence-electron chi connectivity index (χ0n) is 19.1. The molecule has 1 aromatic carbocycles.